The standard InChI is InChI=1S/C14H17N3O3/c1-3-20-14(19)10-17(2)9-13(18)16-12-6-4-11(8-15)5-7-12/h4-7H,3,9-10H2,1-2H3,(H,16,18). The fourth-order valence-electron chi connectivity index (χ4n) is 1.56. The number of carbonyl (C=O) groups is 2. The molecule has 0 unspecified atom stereocenters. The van der Waals surface area contributed by atoms with E-state index in [4.69, 9.17) is 10.00 Å². The minimum absolute atomic E-state index is 0.0641. The van der Waals surface area contributed by atoms with E-state index in [9.17, 15) is 9.59 Å². The van der Waals surface area contributed by atoms with Gasteiger partial charge in [-0.2, -0.15) is 5.26 Å². The smallest absolute Gasteiger partial charge is 0.320 e. The summed E-state index contributed by atoms with van der Waals surface area (Å²) in [5.41, 5.74) is 1.14. The Morgan fingerprint density at radius 2 is 1.95 bits per heavy atom. The second kappa shape index (κ2) is 7.92. The van der Waals surface area contributed by atoms with E-state index in [2.05, 4.69) is 5.32 Å². The fourth-order valence-corrected chi connectivity index (χ4v) is 1.56. The molecule has 0 saturated carbocycles. The maximum absolute atomic E-state index is 11.7. The van der Waals surface area contributed by atoms with E-state index in [-0.39, 0.29) is 25.0 Å². The highest BCUT2D eigenvalue weighted by Gasteiger charge is 2.11. The number of carbonyl (C=O) groups excluding carboxylic acids is 2. The molecule has 20 heavy (non-hydrogen) atoms. The Morgan fingerprint density at radius 3 is 2.50 bits per heavy atom. The molecule has 0 saturated heterocycles. The number of hydrogen-bond donors (Lipinski definition) is 1. The van der Waals surface area contributed by atoms with E-state index < -0.39 is 0 Å². The number of ether oxygens (including phenoxy) is 1. The summed E-state index contributed by atoms with van der Waals surface area (Å²) in [7, 11) is 1.66. The zero-order chi connectivity index (χ0) is 15.0. The molecular weight excluding hydrogens is 258 g/mol. The monoisotopic (exact) mass is 275 g/mol. The van der Waals surface area contributed by atoms with Gasteiger partial charge in [-0.25, -0.2) is 0 Å². The second-order valence-corrected chi connectivity index (χ2v) is 4.21. The third-order valence-electron chi connectivity index (χ3n) is 2.42. The van der Waals surface area contributed by atoms with Crippen LogP contribution in [0.3, 0.4) is 0 Å². The van der Waals surface area contributed by atoms with Gasteiger partial charge in [-0.1, -0.05) is 0 Å². The SMILES string of the molecule is CCOC(=O)CN(C)CC(=O)Nc1ccc(C#N)cc1. The zero-order valence-corrected chi connectivity index (χ0v) is 11.5. The molecule has 0 aliphatic heterocycles. The highest BCUT2D eigenvalue weighted by Crippen LogP contribution is 2.08. The molecule has 0 spiro atoms. The summed E-state index contributed by atoms with van der Waals surface area (Å²) in [4.78, 5) is 24.6. The van der Waals surface area contributed by atoms with Crippen molar-refractivity contribution in [3.05, 3.63) is 29.8 Å². The first-order valence-electron chi connectivity index (χ1n) is 6.19. The van der Waals surface area contributed by atoms with Gasteiger partial charge in [0.1, 0.15) is 0 Å². The van der Waals surface area contributed by atoms with Gasteiger partial charge in [-0.3, -0.25) is 14.5 Å². The van der Waals surface area contributed by atoms with Crippen LogP contribution in [0.5, 0.6) is 0 Å². The molecule has 6 heteroatoms. The number of likely N-dealkylation sites (N-methyl/N-ethyl adjacent to an activating group) is 1. The van der Waals surface area contributed by atoms with Gasteiger partial charge in [0.15, 0.2) is 0 Å². The van der Waals surface area contributed by atoms with Gasteiger partial charge in [0, 0.05) is 5.69 Å². The summed E-state index contributed by atoms with van der Waals surface area (Å²) in [6.45, 7) is 2.20. The van der Waals surface area contributed by atoms with Crippen LogP contribution in [0.4, 0.5) is 5.69 Å². The van der Waals surface area contributed by atoms with Gasteiger partial charge in [0.2, 0.25) is 5.91 Å². The number of amides is 1. The molecule has 0 heterocycles. The van der Waals surface area contributed by atoms with Crippen molar-refractivity contribution in [2.75, 3.05) is 32.1 Å². The molecule has 106 valence electrons. The number of nitrogens with zero attached hydrogens (tertiary/aromatic N) is 2. The lowest BCUT2D eigenvalue weighted by atomic mass is 10.2. The fraction of sp³-hybridized carbons (Fsp3) is 0.357. The molecular formula is C14H17N3O3. The quantitative estimate of drug-likeness (QED) is 0.783. The molecule has 0 aromatic heterocycles. The lowest BCUT2D eigenvalue weighted by Crippen LogP contribution is -2.34. The molecule has 0 atom stereocenters. The molecule has 0 radical (unpaired) electrons. The topological polar surface area (TPSA) is 82.4 Å². The van der Waals surface area contributed by atoms with Crippen LogP contribution in [0.25, 0.3) is 0 Å². The molecule has 0 bridgehead atoms. The van der Waals surface area contributed by atoms with Crippen molar-refractivity contribution in [2.45, 2.75) is 6.92 Å². The molecule has 1 amide bonds. The molecule has 6 nitrogen and oxygen atoms in total. The summed E-state index contributed by atoms with van der Waals surface area (Å²) >= 11 is 0. The molecule has 1 rings (SSSR count). The van der Waals surface area contributed by atoms with E-state index in [0.717, 1.165) is 0 Å². The van der Waals surface area contributed by atoms with Gasteiger partial charge in [0.25, 0.3) is 0 Å². The van der Waals surface area contributed by atoms with E-state index >= 15 is 0 Å². The maximum Gasteiger partial charge on any atom is 0.320 e. The van der Waals surface area contributed by atoms with Crippen LogP contribution in [0.2, 0.25) is 0 Å². The van der Waals surface area contributed by atoms with Gasteiger partial charge >= 0.3 is 5.97 Å². The molecule has 0 aliphatic carbocycles. The highest BCUT2D eigenvalue weighted by atomic mass is 16.5. The number of nitriles is 1. The Bertz CT molecular complexity index is 505. The predicted octanol–water partition coefficient (Wildman–Crippen LogP) is 0.992. The Hall–Kier alpha value is -2.39. The first kappa shape index (κ1) is 15.7. The lowest BCUT2D eigenvalue weighted by Gasteiger charge is -2.15. The molecule has 1 N–H and O–H groups in total. The molecule has 1 aromatic rings. The Kier molecular flexibility index (Phi) is 6.20. The Balaban J connectivity index is 2.42. The van der Waals surface area contributed by atoms with Crippen molar-refractivity contribution in [1.29, 1.82) is 5.26 Å². The summed E-state index contributed by atoms with van der Waals surface area (Å²) in [6.07, 6.45) is 0. The van der Waals surface area contributed by atoms with Crippen LogP contribution >= 0.6 is 0 Å². The third-order valence-corrected chi connectivity index (χ3v) is 2.42. The number of hydrogen-bond acceptors (Lipinski definition) is 5. The number of nitrogens with one attached hydrogen (secondary N) is 1. The predicted molar refractivity (Wildman–Crippen MR) is 73.9 cm³/mol. The first-order valence-corrected chi connectivity index (χ1v) is 6.19. The van der Waals surface area contributed by atoms with Crippen molar-refractivity contribution < 1.29 is 14.3 Å². The first-order chi connectivity index (χ1) is 9.55. The van der Waals surface area contributed by atoms with Crippen molar-refractivity contribution in [3.63, 3.8) is 0 Å². The van der Waals surface area contributed by atoms with Crippen LogP contribution in [0, 0.1) is 11.3 Å². The average Bonchev–Trinajstić information content (AvgIpc) is 2.39. The minimum atomic E-state index is -0.360. The second-order valence-electron chi connectivity index (χ2n) is 4.21. The van der Waals surface area contributed by atoms with E-state index in [1.165, 1.54) is 0 Å². The summed E-state index contributed by atoms with van der Waals surface area (Å²) in [6, 6.07) is 8.56. The Labute approximate surface area is 117 Å². The van der Waals surface area contributed by atoms with Gasteiger partial charge in [-0.15, -0.1) is 0 Å². The van der Waals surface area contributed by atoms with Crippen molar-refractivity contribution >= 4 is 17.6 Å². The number of esters is 1. The van der Waals surface area contributed by atoms with Crippen molar-refractivity contribution in [1.82, 2.24) is 4.90 Å². The average molecular weight is 275 g/mol. The summed E-state index contributed by atoms with van der Waals surface area (Å²) < 4.78 is 4.79. The van der Waals surface area contributed by atoms with Crippen LogP contribution in [0.15, 0.2) is 24.3 Å². The zero-order valence-electron chi connectivity index (χ0n) is 11.5. The van der Waals surface area contributed by atoms with Gasteiger partial charge in [0.05, 0.1) is 31.3 Å². The minimum Gasteiger partial charge on any atom is -0.465 e. The molecule has 0 fully saturated rings. The number of benzene rings is 1. The van der Waals surface area contributed by atoms with Crippen LogP contribution in [0.1, 0.15) is 12.5 Å². The van der Waals surface area contributed by atoms with Crippen molar-refractivity contribution in [2.24, 2.45) is 0 Å². The largest absolute Gasteiger partial charge is 0.465 e. The van der Waals surface area contributed by atoms with E-state index in [1.54, 1.807) is 43.1 Å². The number of rotatable bonds is 6. The van der Waals surface area contributed by atoms with Crippen LogP contribution < -0.4 is 5.32 Å². The van der Waals surface area contributed by atoms with Crippen LogP contribution in [-0.4, -0.2) is 43.5 Å². The lowest BCUT2D eigenvalue weighted by molar-refractivity contribution is -0.144. The highest BCUT2D eigenvalue weighted by molar-refractivity contribution is 5.92. The van der Waals surface area contributed by atoms with Gasteiger partial charge in [-0.05, 0) is 38.2 Å². The normalized spacial score (nSPS) is 9.90. The molecule has 1 aromatic carbocycles. The van der Waals surface area contributed by atoms with E-state index in [1.807, 2.05) is 6.07 Å². The third kappa shape index (κ3) is 5.50. The number of anilines is 1. The van der Waals surface area contributed by atoms with E-state index in [0.29, 0.717) is 17.9 Å². The van der Waals surface area contributed by atoms with Crippen molar-refractivity contribution in [3.8, 4) is 6.07 Å². The van der Waals surface area contributed by atoms with Gasteiger partial charge < -0.3 is 10.1 Å². The summed E-state index contributed by atoms with van der Waals surface area (Å²) in [5, 5.41) is 11.4. The maximum atomic E-state index is 11.7. The molecule has 0 aliphatic rings. The Morgan fingerprint density at radius 1 is 1.30 bits per heavy atom. The summed E-state index contributed by atoms with van der Waals surface area (Å²) in [5.74, 6) is -0.595. The van der Waals surface area contributed by atoms with Crippen LogP contribution in [-0.2, 0) is 14.3 Å².